The molecule has 0 aliphatic heterocycles. The van der Waals surface area contributed by atoms with Crippen molar-refractivity contribution in [2.24, 2.45) is 0 Å². The third-order valence-electron chi connectivity index (χ3n) is 3.47. The first kappa shape index (κ1) is 14.0. The molecular weight excluding hydrogens is 232 g/mol. The fourth-order valence-electron chi connectivity index (χ4n) is 2.44. The molecular formula is C14H19ClN2. The van der Waals surface area contributed by atoms with Crippen LogP contribution in [-0.4, -0.2) is 24.5 Å². The van der Waals surface area contributed by atoms with Crippen LogP contribution in [0.25, 0.3) is 0 Å². The number of aryl methyl sites for hydroxylation is 1. The Morgan fingerprint density at radius 1 is 1.35 bits per heavy atom. The lowest BCUT2D eigenvalue weighted by Gasteiger charge is -2.22. The highest BCUT2D eigenvalue weighted by Crippen LogP contribution is 2.25. The molecule has 1 aromatic carbocycles. The maximum atomic E-state index is 8.59. The summed E-state index contributed by atoms with van der Waals surface area (Å²) in [6, 6.07) is 9.54. The summed E-state index contributed by atoms with van der Waals surface area (Å²) in [5.41, 5.74) is 4.33. The van der Waals surface area contributed by atoms with Crippen LogP contribution in [-0.2, 0) is 12.8 Å². The smallest absolute Gasteiger partial charge is 0.0635 e. The van der Waals surface area contributed by atoms with Crippen molar-refractivity contribution in [1.82, 2.24) is 4.90 Å². The largest absolute Gasteiger partial charge is 0.302 e. The number of nitrogens with zero attached hydrogens (tertiary/aromatic N) is 2. The molecule has 0 fully saturated rings. The molecule has 0 aromatic heterocycles. The Morgan fingerprint density at radius 3 is 2.76 bits per heavy atom. The van der Waals surface area contributed by atoms with Crippen molar-refractivity contribution in [3.8, 4) is 6.07 Å². The monoisotopic (exact) mass is 250 g/mol. The molecule has 0 spiro atoms. The summed E-state index contributed by atoms with van der Waals surface area (Å²) in [7, 11) is 2.13. The van der Waals surface area contributed by atoms with E-state index < -0.39 is 0 Å². The number of rotatable bonds is 3. The third kappa shape index (κ3) is 3.21. The van der Waals surface area contributed by atoms with E-state index >= 15 is 0 Å². The molecule has 2 nitrogen and oxygen atoms in total. The lowest BCUT2D eigenvalue weighted by atomic mass is 10.1. The summed E-state index contributed by atoms with van der Waals surface area (Å²) >= 11 is 0. The van der Waals surface area contributed by atoms with Gasteiger partial charge in [0.2, 0.25) is 0 Å². The zero-order valence-electron chi connectivity index (χ0n) is 10.4. The van der Waals surface area contributed by atoms with Crippen LogP contribution in [0.4, 0.5) is 0 Å². The van der Waals surface area contributed by atoms with Crippen LogP contribution in [0, 0.1) is 18.3 Å². The van der Waals surface area contributed by atoms with Gasteiger partial charge in [-0.05, 0) is 37.9 Å². The Labute approximate surface area is 110 Å². The summed E-state index contributed by atoms with van der Waals surface area (Å²) < 4.78 is 0. The highest BCUT2D eigenvalue weighted by Gasteiger charge is 2.24. The normalized spacial score (nSPS) is 17.4. The van der Waals surface area contributed by atoms with Gasteiger partial charge in [0.25, 0.3) is 0 Å². The maximum absolute atomic E-state index is 8.59. The first-order valence-electron chi connectivity index (χ1n) is 5.86. The van der Waals surface area contributed by atoms with Gasteiger partial charge in [0.05, 0.1) is 6.07 Å². The minimum absolute atomic E-state index is 0. The van der Waals surface area contributed by atoms with E-state index in [1.807, 2.05) is 0 Å². The molecule has 1 aliphatic rings. The van der Waals surface area contributed by atoms with Gasteiger partial charge in [-0.2, -0.15) is 5.26 Å². The topological polar surface area (TPSA) is 27.0 Å². The molecule has 3 heteroatoms. The van der Waals surface area contributed by atoms with Crippen molar-refractivity contribution in [2.75, 3.05) is 13.6 Å². The molecule has 0 N–H and O–H groups in total. The minimum atomic E-state index is 0. The molecule has 0 saturated heterocycles. The number of hydrogen-bond donors (Lipinski definition) is 0. The average molecular weight is 251 g/mol. The second kappa shape index (κ2) is 6.05. The summed E-state index contributed by atoms with van der Waals surface area (Å²) in [6.07, 6.45) is 2.90. The van der Waals surface area contributed by atoms with Gasteiger partial charge in [0, 0.05) is 19.0 Å². The van der Waals surface area contributed by atoms with Gasteiger partial charge in [-0.1, -0.05) is 23.8 Å². The second-order valence-corrected chi connectivity index (χ2v) is 4.72. The van der Waals surface area contributed by atoms with Crippen molar-refractivity contribution in [2.45, 2.75) is 32.2 Å². The minimum Gasteiger partial charge on any atom is -0.302 e. The summed E-state index contributed by atoms with van der Waals surface area (Å²) in [5, 5.41) is 8.59. The first-order valence-corrected chi connectivity index (χ1v) is 5.86. The van der Waals surface area contributed by atoms with Crippen LogP contribution in [0.5, 0.6) is 0 Å². The number of likely N-dealkylation sites (N-methyl/N-ethyl adjacent to an activating group) is 1. The molecule has 1 unspecified atom stereocenters. The second-order valence-electron chi connectivity index (χ2n) is 4.72. The fraction of sp³-hybridized carbons (Fsp3) is 0.500. The van der Waals surface area contributed by atoms with Gasteiger partial charge in [-0.15, -0.1) is 12.4 Å². The Balaban J connectivity index is 0.00000144. The van der Waals surface area contributed by atoms with Gasteiger partial charge >= 0.3 is 0 Å². The van der Waals surface area contributed by atoms with E-state index in [0.717, 1.165) is 19.4 Å². The molecule has 1 aliphatic carbocycles. The van der Waals surface area contributed by atoms with E-state index in [-0.39, 0.29) is 12.4 Å². The van der Waals surface area contributed by atoms with Crippen molar-refractivity contribution in [1.29, 1.82) is 5.26 Å². The SMILES string of the molecule is Cc1ccc2c(c1)CC(N(C)CCC#N)C2.Cl. The van der Waals surface area contributed by atoms with E-state index in [4.69, 9.17) is 5.26 Å². The number of fused-ring (bicyclic) bond motifs is 1. The molecule has 0 heterocycles. The summed E-state index contributed by atoms with van der Waals surface area (Å²) in [4.78, 5) is 2.32. The fourth-order valence-corrected chi connectivity index (χ4v) is 2.44. The van der Waals surface area contributed by atoms with E-state index in [9.17, 15) is 0 Å². The van der Waals surface area contributed by atoms with Crippen LogP contribution >= 0.6 is 12.4 Å². The Kier molecular flexibility index (Phi) is 4.99. The van der Waals surface area contributed by atoms with E-state index in [2.05, 4.69) is 43.1 Å². The maximum Gasteiger partial charge on any atom is 0.0635 e. The molecule has 0 amide bonds. The van der Waals surface area contributed by atoms with Gasteiger partial charge in [-0.3, -0.25) is 0 Å². The van der Waals surface area contributed by atoms with Crippen molar-refractivity contribution in [3.63, 3.8) is 0 Å². The summed E-state index contributed by atoms with van der Waals surface area (Å²) in [6.45, 7) is 3.03. The van der Waals surface area contributed by atoms with E-state index in [1.54, 1.807) is 0 Å². The molecule has 0 bridgehead atoms. The first-order chi connectivity index (χ1) is 7.70. The number of nitriles is 1. The van der Waals surface area contributed by atoms with Crippen molar-refractivity contribution >= 4 is 12.4 Å². The van der Waals surface area contributed by atoms with E-state index in [0.29, 0.717) is 12.5 Å². The zero-order valence-corrected chi connectivity index (χ0v) is 11.3. The molecule has 1 aromatic rings. The molecule has 92 valence electrons. The standard InChI is InChI=1S/C14H18N2.ClH/c1-11-4-5-12-9-14(10-13(12)8-11)16(2)7-3-6-15;/h4-5,8,14H,3,7,9-10H2,1-2H3;1H. The highest BCUT2D eigenvalue weighted by molar-refractivity contribution is 5.85. The van der Waals surface area contributed by atoms with Gasteiger partial charge in [0.1, 0.15) is 0 Å². The molecule has 1 atom stereocenters. The summed E-state index contributed by atoms with van der Waals surface area (Å²) in [5.74, 6) is 0. The third-order valence-corrected chi connectivity index (χ3v) is 3.47. The van der Waals surface area contributed by atoms with Crippen LogP contribution < -0.4 is 0 Å². The quantitative estimate of drug-likeness (QED) is 0.825. The van der Waals surface area contributed by atoms with Crippen molar-refractivity contribution in [3.05, 3.63) is 34.9 Å². The number of benzene rings is 1. The molecule has 0 radical (unpaired) electrons. The van der Waals surface area contributed by atoms with Crippen molar-refractivity contribution < 1.29 is 0 Å². The van der Waals surface area contributed by atoms with Crippen LogP contribution in [0.3, 0.4) is 0 Å². The number of hydrogen-bond acceptors (Lipinski definition) is 2. The predicted molar refractivity (Wildman–Crippen MR) is 72.5 cm³/mol. The van der Waals surface area contributed by atoms with Crippen LogP contribution in [0.15, 0.2) is 18.2 Å². The Hall–Kier alpha value is -1.04. The lowest BCUT2D eigenvalue weighted by molar-refractivity contribution is 0.254. The number of halogens is 1. The van der Waals surface area contributed by atoms with Gasteiger partial charge < -0.3 is 4.90 Å². The zero-order chi connectivity index (χ0) is 11.5. The molecule has 2 rings (SSSR count). The average Bonchev–Trinajstić information content (AvgIpc) is 2.68. The van der Waals surface area contributed by atoms with Gasteiger partial charge in [0.15, 0.2) is 0 Å². The van der Waals surface area contributed by atoms with Crippen LogP contribution in [0.1, 0.15) is 23.1 Å². The molecule has 0 saturated carbocycles. The lowest BCUT2D eigenvalue weighted by Crippen LogP contribution is -2.32. The Morgan fingerprint density at radius 2 is 2.06 bits per heavy atom. The Bertz CT molecular complexity index is 423. The van der Waals surface area contributed by atoms with Crippen LogP contribution in [0.2, 0.25) is 0 Å². The predicted octanol–water partition coefficient (Wildman–Crippen LogP) is 2.73. The molecule has 17 heavy (non-hydrogen) atoms. The highest BCUT2D eigenvalue weighted by atomic mass is 35.5. The van der Waals surface area contributed by atoms with E-state index in [1.165, 1.54) is 16.7 Å². The van der Waals surface area contributed by atoms with Gasteiger partial charge in [-0.25, -0.2) is 0 Å².